The van der Waals surface area contributed by atoms with Gasteiger partial charge in [-0.15, -0.1) is 10.2 Å². The minimum Gasteiger partial charge on any atom is -0.469 e. The van der Waals surface area contributed by atoms with Crippen LogP contribution in [-0.4, -0.2) is 53.4 Å². The number of carbonyl (C=O) groups excluding carboxylic acids is 1. The normalized spacial score (nSPS) is 11.3. The molecule has 0 fully saturated rings. The highest BCUT2D eigenvalue weighted by Gasteiger charge is 2.03. The molecule has 2 N–H and O–H groups in total. The van der Waals surface area contributed by atoms with Gasteiger partial charge >= 0.3 is 5.97 Å². The largest absolute Gasteiger partial charge is 0.469 e. The predicted octanol–water partition coefficient (Wildman–Crippen LogP) is -0.0413. The van der Waals surface area contributed by atoms with Crippen molar-refractivity contribution in [3.63, 3.8) is 0 Å². The Morgan fingerprint density at radius 1 is 1.43 bits per heavy atom. The molecule has 0 aliphatic carbocycles. The van der Waals surface area contributed by atoms with Crippen LogP contribution in [0.2, 0.25) is 0 Å². The second kappa shape index (κ2) is 9.73. The maximum Gasteiger partial charge on any atom is 0.307 e. The standard InChI is InChI=1S/C13H24N6O2/c1-4-11-18-17-10-19(11)9-8-16-13(14-5-2)15-7-6-12(20)21-3/h10H,4-9H2,1-3H3,(H2,14,15,16). The van der Waals surface area contributed by atoms with Gasteiger partial charge in [0.05, 0.1) is 20.1 Å². The van der Waals surface area contributed by atoms with E-state index in [-0.39, 0.29) is 12.4 Å². The van der Waals surface area contributed by atoms with Crippen LogP contribution in [0.1, 0.15) is 26.1 Å². The molecule has 118 valence electrons. The van der Waals surface area contributed by atoms with Crippen molar-refractivity contribution in [3.8, 4) is 0 Å². The van der Waals surface area contributed by atoms with Gasteiger partial charge in [-0.05, 0) is 6.92 Å². The molecule has 0 aromatic carbocycles. The Kier molecular flexibility index (Phi) is 7.85. The molecule has 0 radical (unpaired) electrons. The zero-order valence-electron chi connectivity index (χ0n) is 12.9. The summed E-state index contributed by atoms with van der Waals surface area (Å²) >= 11 is 0. The highest BCUT2D eigenvalue weighted by Crippen LogP contribution is 1.94. The van der Waals surface area contributed by atoms with Crippen molar-refractivity contribution in [2.24, 2.45) is 4.99 Å². The van der Waals surface area contributed by atoms with Crippen LogP contribution in [0.15, 0.2) is 11.3 Å². The zero-order chi connectivity index (χ0) is 15.5. The summed E-state index contributed by atoms with van der Waals surface area (Å²) in [5.41, 5.74) is 0. The Morgan fingerprint density at radius 3 is 2.90 bits per heavy atom. The molecule has 0 aliphatic rings. The van der Waals surface area contributed by atoms with Crippen LogP contribution >= 0.6 is 0 Å². The number of hydrogen-bond donors (Lipinski definition) is 2. The molecule has 1 rings (SSSR count). The van der Waals surface area contributed by atoms with Crippen LogP contribution in [-0.2, 0) is 22.5 Å². The van der Waals surface area contributed by atoms with Gasteiger partial charge in [0, 0.05) is 26.1 Å². The molecular formula is C13H24N6O2. The fraction of sp³-hybridized carbons (Fsp3) is 0.692. The number of aliphatic imine (C=N–C) groups is 1. The smallest absolute Gasteiger partial charge is 0.307 e. The Labute approximate surface area is 125 Å². The maximum atomic E-state index is 11.0. The molecule has 0 spiro atoms. The monoisotopic (exact) mass is 296 g/mol. The number of ether oxygens (including phenoxy) is 1. The number of aryl methyl sites for hydroxylation is 1. The summed E-state index contributed by atoms with van der Waals surface area (Å²) in [7, 11) is 1.37. The van der Waals surface area contributed by atoms with E-state index in [0.29, 0.717) is 19.0 Å². The average Bonchev–Trinajstić information content (AvgIpc) is 2.94. The first-order valence-electron chi connectivity index (χ1n) is 7.16. The lowest BCUT2D eigenvalue weighted by molar-refractivity contribution is -0.140. The van der Waals surface area contributed by atoms with E-state index < -0.39 is 0 Å². The van der Waals surface area contributed by atoms with Gasteiger partial charge in [-0.3, -0.25) is 9.79 Å². The quantitative estimate of drug-likeness (QED) is 0.397. The third kappa shape index (κ3) is 6.24. The van der Waals surface area contributed by atoms with Crippen molar-refractivity contribution in [3.05, 3.63) is 12.2 Å². The van der Waals surface area contributed by atoms with Crippen LogP contribution in [0.25, 0.3) is 0 Å². The van der Waals surface area contributed by atoms with Crippen LogP contribution in [0.4, 0.5) is 0 Å². The van der Waals surface area contributed by atoms with Gasteiger partial charge in [0.2, 0.25) is 0 Å². The lowest BCUT2D eigenvalue weighted by Crippen LogP contribution is -2.39. The molecule has 21 heavy (non-hydrogen) atoms. The van der Waals surface area contributed by atoms with Crippen LogP contribution in [0.5, 0.6) is 0 Å². The van der Waals surface area contributed by atoms with Gasteiger partial charge in [0.15, 0.2) is 5.96 Å². The minimum atomic E-state index is -0.258. The molecule has 0 atom stereocenters. The van der Waals surface area contributed by atoms with E-state index in [4.69, 9.17) is 0 Å². The number of nitrogens with one attached hydrogen (secondary N) is 2. The number of aromatic nitrogens is 3. The number of rotatable bonds is 8. The Morgan fingerprint density at radius 2 is 2.24 bits per heavy atom. The summed E-state index contributed by atoms with van der Waals surface area (Å²) < 4.78 is 6.59. The second-order valence-corrected chi connectivity index (χ2v) is 4.31. The van der Waals surface area contributed by atoms with Crippen molar-refractivity contribution in [1.82, 2.24) is 25.4 Å². The molecule has 8 heteroatoms. The molecule has 0 amide bonds. The first-order chi connectivity index (χ1) is 10.2. The van der Waals surface area contributed by atoms with Crippen molar-refractivity contribution in [1.29, 1.82) is 0 Å². The van der Waals surface area contributed by atoms with E-state index in [2.05, 4.69) is 30.6 Å². The predicted molar refractivity (Wildman–Crippen MR) is 80.0 cm³/mol. The number of nitrogens with zero attached hydrogens (tertiary/aromatic N) is 4. The molecule has 1 aromatic heterocycles. The molecule has 1 aromatic rings. The van der Waals surface area contributed by atoms with Gasteiger partial charge in [0.25, 0.3) is 0 Å². The van der Waals surface area contributed by atoms with Crippen LogP contribution in [0, 0.1) is 0 Å². The maximum absolute atomic E-state index is 11.0. The van der Waals surface area contributed by atoms with Crippen molar-refractivity contribution in [2.45, 2.75) is 33.2 Å². The van der Waals surface area contributed by atoms with Crippen molar-refractivity contribution in [2.75, 3.05) is 26.7 Å². The van der Waals surface area contributed by atoms with E-state index in [1.165, 1.54) is 7.11 Å². The highest BCUT2D eigenvalue weighted by atomic mass is 16.5. The molecule has 0 unspecified atom stereocenters. The van der Waals surface area contributed by atoms with Crippen molar-refractivity contribution < 1.29 is 9.53 Å². The van der Waals surface area contributed by atoms with Gasteiger partial charge < -0.3 is 19.9 Å². The second-order valence-electron chi connectivity index (χ2n) is 4.31. The van der Waals surface area contributed by atoms with E-state index in [1.807, 2.05) is 18.4 Å². The fourth-order valence-corrected chi connectivity index (χ4v) is 1.74. The number of hydrogen-bond acceptors (Lipinski definition) is 5. The van der Waals surface area contributed by atoms with E-state index in [0.717, 1.165) is 25.3 Å². The fourth-order valence-electron chi connectivity index (χ4n) is 1.74. The van der Waals surface area contributed by atoms with Crippen LogP contribution < -0.4 is 10.6 Å². The topological polar surface area (TPSA) is 93.4 Å². The molecule has 0 saturated carbocycles. The van der Waals surface area contributed by atoms with Gasteiger partial charge in [-0.25, -0.2) is 0 Å². The summed E-state index contributed by atoms with van der Waals surface area (Å²) in [5.74, 6) is 1.39. The summed E-state index contributed by atoms with van der Waals surface area (Å²) in [6.45, 7) is 6.66. The van der Waals surface area contributed by atoms with Gasteiger partial charge in [-0.1, -0.05) is 6.92 Å². The molecule has 1 heterocycles. The highest BCUT2D eigenvalue weighted by molar-refractivity contribution is 5.80. The third-order valence-electron chi connectivity index (χ3n) is 2.81. The van der Waals surface area contributed by atoms with Gasteiger partial charge in [-0.2, -0.15) is 0 Å². The number of guanidine groups is 1. The number of methoxy groups -OCH3 is 1. The molecule has 0 saturated heterocycles. The first-order valence-corrected chi connectivity index (χ1v) is 7.16. The van der Waals surface area contributed by atoms with E-state index in [9.17, 15) is 4.79 Å². The average molecular weight is 296 g/mol. The first kappa shape index (κ1) is 16.9. The Hall–Kier alpha value is -2.12. The van der Waals surface area contributed by atoms with Gasteiger partial charge in [0.1, 0.15) is 12.2 Å². The van der Waals surface area contributed by atoms with Crippen molar-refractivity contribution >= 4 is 11.9 Å². The summed E-state index contributed by atoms with van der Waals surface area (Å²) in [5, 5.41) is 14.3. The number of carbonyl (C=O) groups is 1. The lowest BCUT2D eigenvalue weighted by Gasteiger charge is -2.12. The summed E-state index contributed by atoms with van der Waals surface area (Å²) in [4.78, 5) is 15.4. The third-order valence-corrected chi connectivity index (χ3v) is 2.81. The number of esters is 1. The molecule has 0 bridgehead atoms. The molecular weight excluding hydrogens is 272 g/mol. The minimum absolute atomic E-state index is 0.258. The lowest BCUT2D eigenvalue weighted by atomic mass is 10.4. The SMILES string of the molecule is CCNC(=NCCC(=O)OC)NCCn1cnnc1CC. The summed E-state index contributed by atoms with van der Waals surface area (Å²) in [6, 6.07) is 0. The molecule has 8 nitrogen and oxygen atoms in total. The Bertz CT molecular complexity index is 457. The van der Waals surface area contributed by atoms with E-state index in [1.54, 1.807) is 6.33 Å². The zero-order valence-corrected chi connectivity index (χ0v) is 12.9. The van der Waals surface area contributed by atoms with Crippen LogP contribution in [0.3, 0.4) is 0 Å². The van der Waals surface area contributed by atoms with E-state index >= 15 is 0 Å². The molecule has 0 aliphatic heterocycles. The summed E-state index contributed by atoms with van der Waals surface area (Å²) in [6.07, 6.45) is 2.85. The Balaban J connectivity index is 2.40.